The Kier molecular flexibility index (Phi) is 7.41. The maximum atomic E-state index is 14.1. The Morgan fingerprint density at radius 3 is 1.88 bits per heavy atom. The minimum Gasteiger partial charge on any atom is -0.339 e. The molecular formula is C26H28FN3O3S. The highest BCUT2D eigenvalue weighted by atomic mass is 32.2. The van der Waals surface area contributed by atoms with Gasteiger partial charge in [-0.05, 0) is 30.3 Å². The molecule has 6 nitrogen and oxygen atoms in total. The van der Waals surface area contributed by atoms with Crippen LogP contribution in [0.25, 0.3) is 0 Å². The van der Waals surface area contributed by atoms with Gasteiger partial charge in [-0.2, -0.15) is 4.31 Å². The molecule has 0 aromatic heterocycles. The number of amides is 1. The van der Waals surface area contributed by atoms with Gasteiger partial charge in [-0.25, -0.2) is 12.8 Å². The minimum absolute atomic E-state index is 0.0673. The average molecular weight is 482 g/mol. The summed E-state index contributed by atoms with van der Waals surface area (Å²) >= 11 is 0. The van der Waals surface area contributed by atoms with E-state index in [4.69, 9.17) is 0 Å². The molecular weight excluding hydrogens is 453 g/mol. The first kappa shape index (κ1) is 24.1. The van der Waals surface area contributed by atoms with Crippen LogP contribution in [-0.2, 0) is 14.8 Å². The maximum Gasteiger partial charge on any atom is 0.246 e. The molecule has 1 amide bonds. The van der Waals surface area contributed by atoms with Gasteiger partial charge >= 0.3 is 0 Å². The number of carbonyl (C=O) groups is 1. The molecule has 0 aliphatic carbocycles. The molecule has 1 fully saturated rings. The molecule has 34 heavy (non-hydrogen) atoms. The molecule has 3 aromatic rings. The molecule has 8 heteroatoms. The van der Waals surface area contributed by atoms with Gasteiger partial charge < -0.3 is 4.90 Å². The van der Waals surface area contributed by atoms with Gasteiger partial charge in [0.05, 0.1) is 12.6 Å². The van der Waals surface area contributed by atoms with Gasteiger partial charge in [0.15, 0.2) is 0 Å². The summed E-state index contributed by atoms with van der Waals surface area (Å²) in [7, 11) is -2.02. The van der Waals surface area contributed by atoms with Crippen molar-refractivity contribution in [1.82, 2.24) is 14.1 Å². The molecule has 0 saturated carbocycles. The molecule has 178 valence electrons. The first-order chi connectivity index (χ1) is 16.4. The van der Waals surface area contributed by atoms with Crippen molar-refractivity contribution >= 4 is 15.9 Å². The normalized spacial score (nSPS) is 15.1. The van der Waals surface area contributed by atoms with Gasteiger partial charge in [-0.15, -0.1) is 0 Å². The number of likely N-dealkylation sites (N-methyl/N-ethyl adjacent to an activating group) is 1. The third-order valence-electron chi connectivity index (χ3n) is 6.10. The molecule has 0 spiro atoms. The van der Waals surface area contributed by atoms with Crippen LogP contribution < -0.4 is 0 Å². The topological polar surface area (TPSA) is 60.9 Å². The maximum absolute atomic E-state index is 14.1. The number of hydrogen-bond acceptors (Lipinski definition) is 4. The van der Waals surface area contributed by atoms with Crippen LogP contribution in [0.1, 0.15) is 17.2 Å². The van der Waals surface area contributed by atoms with Gasteiger partial charge in [0.25, 0.3) is 0 Å². The van der Waals surface area contributed by atoms with Crippen LogP contribution in [0.5, 0.6) is 0 Å². The fourth-order valence-corrected chi connectivity index (χ4v) is 5.83. The van der Waals surface area contributed by atoms with E-state index in [9.17, 15) is 17.6 Å². The van der Waals surface area contributed by atoms with Gasteiger partial charge in [0.1, 0.15) is 10.7 Å². The smallest absolute Gasteiger partial charge is 0.246 e. The lowest BCUT2D eigenvalue weighted by Gasteiger charge is -2.36. The van der Waals surface area contributed by atoms with Crippen molar-refractivity contribution in [2.45, 2.75) is 10.9 Å². The SMILES string of the molecule is CN(CC(=O)N1CCN(S(=O)(=O)c2ccccc2F)CC1)C(c1ccccc1)c1ccccc1. The summed E-state index contributed by atoms with van der Waals surface area (Å²) in [5.74, 6) is -0.835. The summed E-state index contributed by atoms with van der Waals surface area (Å²) in [6.07, 6.45) is 0. The van der Waals surface area contributed by atoms with E-state index in [0.717, 1.165) is 17.2 Å². The van der Waals surface area contributed by atoms with Gasteiger partial charge in [-0.1, -0.05) is 72.8 Å². The number of carbonyl (C=O) groups excluding carboxylic acids is 1. The number of hydrogen-bond donors (Lipinski definition) is 0. The van der Waals surface area contributed by atoms with Crippen LogP contribution in [0.3, 0.4) is 0 Å². The lowest BCUT2D eigenvalue weighted by molar-refractivity contribution is -0.133. The van der Waals surface area contributed by atoms with Gasteiger partial charge in [0, 0.05) is 26.2 Å². The predicted octanol–water partition coefficient (Wildman–Crippen LogP) is 3.38. The van der Waals surface area contributed by atoms with E-state index in [1.807, 2.05) is 72.6 Å². The molecule has 1 aliphatic rings. The highest BCUT2D eigenvalue weighted by Crippen LogP contribution is 2.27. The van der Waals surface area contributed by atoms with E-state index < -0.39 is 15.8 Å². The summed E-state index contributed by atoms with van der Waals surface area (Å²) in [5.41, 5.74) is 2.18. The first-order valence-electron chi connectivity index (χ1n) is 11.2. The third kappa shape index (κ3) is 5.19. The largest absolute Gasteiger partial charge is 0.339 e. The van der Waals surface area contributed by atoms with Crippen LogP contribution in [0.4, 0.5) is 4.39 Å². The number of halogens is 1. The van der Waals surface area contributed by atoms with Crippen molar-refractivity contribution in [3.8, 4) is 0 Å². The van der Waals surface area contributed by atoms with E-state index in [2.05, 4.69) is 0 Å². The van der Waals surface area contributed by atoms with Crippen LogP contribution in [0.15, 0.2) is 89.8 Å². The molecule has 0 unspecified atom stereocenters. The van der Waals surface area contributed by atoms with E-state index in [0.29, 0.717) is 0 Å². The zero-order valence-corrected chi connectivity index (χ0v) is 19.9. The monoisotopic (exact) mass is 481 g/mol. The van der Waals surface area contributed by atoms with Crippen LogP contribution in [0, 0.1) is 5.82 Å². The Morgan fingerprint density at radius 2 is 1.35 bits per heavy atom. The fourth-order valence-electron chi connectivity index (χ4n) is 4.35. The van der Waals surface area contributed by atoms with Crippen molar-refractivity contribution in [3.05, 3.63) is 102 Å². The van der Waals surface area contributed by atoms with Crippen LogP contribution in [-0.4, -0.2) is 68.2 Å². The summed E-state index contributed by atoms with van der Waals surface area (Å²) < 4.78 is 41.0. The molecule has 1 heterocycles. The molecule has 4 rings (SSSR count). The van der Waals surface area contributed by atoms with Gasteiger partial charge in [-0.3, -0.25) is 9.69 Å². The summed E-state index contributed by atoms with van der Waals surface area (Å²) in [6, 6.07) is 25.3. The number of nitrogens with zero attached hydrogens (tertiary/aromatic N) is 3. The van der Waals surface area contributed by atoms with Crippen LogP contribution in [0.2, 0.25) is 0 Å². The second-order valence-corrected chi connectivity index (χ2v) is 10.3. The van der Waals surface area contributed by atoms with Crippen LogP contribution >= 0.6 is 0 Å². The Balaban J connectivity index is 1.43. The van der Waals surface area contributed by atoms with E-state index in [-0.39, 0.29) is 49.6 Å². The number of benzene rings is 3. The van der Waals surface area contributed by atoms with E-state index in [1.54, 1.807) is 4.90 Å². The zero-order valence-electron chi connectivity index (χ0n) is 19.0. The molecule has 0 radical (unpaired) electrons. The Morgan fingerprint density at radius 1 is 0.853 bits per heavy atom. The van der Waals surface area contributed by atoms with Crippen molar-refractivity contribution in [3.63, 3.8) is 0 Å². The summed E-state index contributed by atoms with van der Waals surface area (Å²) in [6.45, 7) is 0.984. The standard InChI is InChI=1S/C26H28FN3O3S/c1-28(26(21-10-4-2-5-11-21)22-12-6-3-7-13-22)20-25(31)29-16-18-30(19-17-29)34(32,33)24-15-9-8-14-23(24)27/h2-15,26H,16-20H2,1H3. The summed E-state index contributed by atoms with van der Waals surface area (Å²) in [4.78, 5) is 16.5. The summed E-state index contributed by atoms with van der Waals surface area (Å²) in [5, 5.41) is 0. The Labute approximate surface area is 200 Å². The second kappa shape index (κ2) is 10.5. The van der Waals surface area contributed by atoms with Crippen molar-refractivity contribution in [2.75, 3.05) is 39.8 Å². The second-order valence-electron chi connectivity index (χ2n) is 8.35. The third-order valence-corrected chi connectivity index (χ3v) is 8.03. The zero-order chi connectivity index (χ0) is 24.1. The lowest BCUT2D eigenvalue weighted by atomic mass is 9.97. The highest BCUT2D eigenvalue weighted by Gasteiger charge is 2.32. The lowest BCUT2D eigenvalue weighted by Crippen LogP contribution is -2.52. The van der Waals surface area contributed by atoms with Crippen molar-refractivity contribution in [1.29, 1.82) is 0 Å². The number of piperazine rings is 1. The van der Waals surface area contributed by atoms with Crippen molar-refractivity contribution in [2.24, 2.45) is 0 Å². The molecule has 1 saturated heterocycles. The molecule has 0 bridgehead atoms. The number of rotatable bonds is 7. The van der Waals surface area contributed by atoms with E-state index >= 15 is 0 Å². The van der Waals surface area contributed by atoms with Crippen molar-refractivity contribution < 1.29 is 17.6 Å². The average Bonchev–Trinajstić information content (AvgIpc) is 2.86. The Bertz CT molecular complexity index is 1170. The quantitative estimate of drug-likeness (QED) is 0.519. The molecule has 3 aromatic carbocycles. The van der Waals surface area contributed by atoms with Gasteiger partial charge in [0.2, 0.25) is 15.9 Å². The molecule has 1 aliphatic heterocycles. The predicted molar refractivity (Wildman–Crippen MR) is 129 cm³/mol. The minimum atomic E-state index is -3.94. The molecule has 0 N–H and O–H groups in total. The molecule has 0 atom stereocenters. The highest BCUT2D eigenvalue weighted by molar-refractivity contribution is 7.89. The Hall–Kier alpha value is -3.07. The first-order valence-corrected chi connectivity index (χ1v) is 12.6. The number of sulfonamides is 1. The fraction of sp³-hybridized carbons (Fsp3) is 0.269. The van der Waals surface area contributed by atoms with E-state index in [1.165, 1.54) is 22.5 Å².